The number of aliphatic hydroxyl groups excluding tert-OH is 1. The molecule has 0 amide bonds. The molecular formula is C37H43N3O3. The predicted octanol–water partition coefficient (Wildman–Crippen LogP) is 5.91. The molecule has 4 aromatic rings. The third-order valence-corrected chi connectivity index (χ3v) is 9.01. The van der Waals surface area contributed by atoms with Crippen molar-refractivity contribution < 1.29 is 14.6 Å². The molecule has 2 saturated heterocycles. The van der Waals surface area contributed by atoms with Gasteiger partial charge in [-0.05, 0) is 33.4 Å². The Bertz CT molecular complexity index is 1440. The minimum absolute atomic E-state index is 0.0135. The highest BCUT2D eigenvalue weighted by atomic mass is 16.7. The molecule has 4 atom stereocenters. The first-order valence-corrected chi connectivity index (χ1v) is 15.5. The van der Waals surface area contributed by atoms with Gasteiger partial charge in [-0.15, -0.1) is 0 Å². The summed E-state index contributed by atoms with van der Waals surface area (Å²) in [5, 5.41) is 9.58. The van der Waals surface area contributed by atoms with Crippen molar-refractivity contribution in [3.8, 4) is 11.1 Å². The van der Waals surface area contributed by atoms with Crippen LogP contribution in [-0.4, -0.2) is 53.7 Å². The number of piperazine rings is 1. The number of aliphatic hydroxyl groups is 1. The lowest BCUT2D eigenvalue weighted by atomic mass is 9.89. The van der Waals surface area contributed by atoms with Crippen molar-refractivity contribution in [1.82, 2.24) is 9.80 Å². The van der Waals surface area contributed by atoms with Crippen LogP contribution in [0.4, 0.5) is 0 Å². The second-order valence-electron chi connectivity index (χ2n) is 11.9. The van der Waals surface area contributed by atoms with Gasteiger partial charge in [-0.2, -0.15) is 0 Å². The van der Waals surface area contributed by atoms with Crippen LogP contribution in [-0.2, 0) is 29.2 Å². The van der Waals surface area contributed by atoms with Crippen LogP contribution in [0.15, 0.2) is 103 Å². The van der Waals surface area contributed by atoms with Crippen molar-refractivity contribution >= 4 is 0 Å². The van der Waals surface area contributed by atoms with Crippen LogP contribution in [0.2, 0.25) is 0 Å². The zero-order valence-corrected chi connectivity index (χ0v) is 25.0. The van der Waals surface area contributed by atoms with E-state index in [1.807, 2.05) is 18.2 Å². The van der Waals surface area contributed by atoms with E-state index in [0.29, 0.717) is 6.54 Å². The van der Waals surface area contributed by atoms with E-state index in [2.05, 4.69) is 102 Å². The van der Waals surface area contributed by atoms with E-state index in [-0.39, 0.29) is 24.7 Å². The van der Waals surface area contributed by atoms with Crippen molar-refractivity contribution in [3.05, 3.63) is 131 Å². The van der Waals surface area contributed by atoms with Crippen LogP contribution in [0.25, 0.3) is 11.1 Å². The molecule has 4 aromatic carbocycles. The highest BCUT2D eigenvalue weighted by molar-refractivity contribution is 5.67. The lowest BCUT2D eigenvalue weighted by Gasteiger charge is -2.44. The third kappa shape index (κ3) is 7.07. The molecule has 2 heterocycles. The normalized spacial score (nSPS) is 23.3. The minimum atomic E-state index is -0.470. The van der Waals surface area contributed by atoms with Crippen molar-refractivity contribution in [3.63, 3.8) is 0 Å². The first kappa shape index (κ1) is 29.7. The molecule has 2 aliphatic heterocycles. The summed E-state index contributed by atoms with van der Waals surface area (Å²) in [7, 11) is 0. The Morgan fingerprint density at radius 2 is 1.37 bits per heavy atom. The smallest absolute Gasteiger partial charge is 0.184 e. The fourth-order valence-corrected chi connectivity index (χ4v) is 6.35. The number of nitrogens with zero attached hydrogens (tertiary/aromatic N) is 2. The Hall–Kier alpha value is -3.36. The van der Waals surface area contributed by atoms with Gasteiger partial charge in [-0.1, -0.05) is 110 Å². The standard InChI is InChI=1S/C37H43N3O3/c1-27-35(25-40-21-19-39(20-22-40)24-28-7-3-2-4-8-28)42-37(43-36(27)31-13-11-29(26-41)12-14-31)32-17-15-30(16-18-32)34-10-6-5-9-33(34)23-38/h2-18,27,35-37,41H,19-26,38H2,1H3/t27-,35+,36+,37+/m0/s1. The predicted molar refractivity (Wildman–Crippen MR) is 171 cm³/mol. The van der Waals surface area contributed by atoms with Crippen LogP contribution >= 0.6 is 0 Å². The van der Waals surface area contributed by atoms with Gasteiger partial charge in [0, 0.05) is 57.3 Å². The van der Waals surface area contributed by atoms with Gasteiger partial charge in [0.25, 0.3) is 0 Å². The number of rotatable bonds is 9. The number of benzene rings is 4. The lowest BCUT2D eigenvalue weighted by Crippen LogP contribution is -2.51. The summed E-state index contributed by atoms with van der Waals surface area (Å²) in [5.41, 5.74) is 13.8. The molecule has 6 heteroatoms. The minimum Gasteiger partial charge on any atom is -0.392 e. The summed E-state index contributed by atoms with van der Waals surface area (Å²) in [5.74, 6) is 0.161. The molecular weight excluding hydrogens is 534 g/mol. The summed E-state index contributed by atoms with van der Waals surface area (Å²) in [4.78, 5) is 5.09. The highest BCUT2D eigenvalue weighted by Crippen LogP contribution is 2.42. The Morgan fingerprint density at radius 1 is 0.721 bits per heavy atom. The van der Waals surface area contributed by atoms with Gasteiger partial charge in [0.15, 0.2) is 6.29 Å². The van der Waals surface area contributed by atoms with Gasteiger partial charge in [-0.3, -0.25) is 9.80 Å². The van der Waals surface area contributed by atoms with Gasteiger partial charge < -0.3 is 20.3 Å². The van der Waals surface area contributed by atoms with Gasteiger partial charge >= 0.3 is 0 Å². The molecule has 0 radical (unpaired) electrons. The maximum Gasteiger partial charge on any atom is 0.184 e. The molecule has 43 heavy (non-hydrogen) atoms. The van der Waals surface area contributed by atoms with Gasteiger partial charge in [0.1, 0.15) is 0 Å². The summed E-state index contributed by atoms with van der Waals surface area (Å²) in [6.45, 7) is 8.79. The number of ether oxygens (including phenoxy) is 2. The largest absolute Gasteiger partial charge is 0.392 e. The second-order valence-corrected chi connectivity index (χ2v) is 11.9. The van der Waals surface area contributed by atoms with E-state index in [4.69, 9.17) is 15.2 Å². The molecule has 0 saturated carbocycles. The molecule has 6 nitrogen and oxygen atoms in total. The molecule has 2 aliphatic rings. The van der Waals surface area contributed by atoms with Crippen LogP contribution < -0.4 is 5.73 Å². The number of hydrogen-bond donors (Lipinski definition) is 2. The maximum atomic E-state index is 9.58. The zero-order valence-electron chi connectivity index (χ0n) is 25.0. The average molecular weight is 578 g/mol. The molecule has 0 bridgehead atoms. The average Bonchev–Trinajstić information content (AvgIpc) is 3.07. The van der Waals surface area contributed by atoms with Gasteiger partial charge in [0.05, 0.1) is 18.8 Å². The second kappa shape index (κ2) is 14.0. The summed E-state index contributed by atoms with van der Waals surface area (Å²) >= 11 is 0. The Kier molecular flexibility index (Phi) is 9.64. The number of nitrogens with two attached hydrogens (primary N) is 1. The maximum absolute atomic E-state index is 9.58. The lowest BCUT2D eigenvalue weighted by molar-refractivity contribution is -0.276. The molecule has 0 spiro atoms. The summed E-state index contributed by atoms with van der Waals surface area (Å²) in [6.07, 6.45) is -0.574. The van der Waals surface area contributed by atoms with Crippen LogP contribution in [0, 0.1) is 5.92 Å². The fraction of sp³-hybridized carbons (Fsp3) is 0.351. The molecule has 2 fully saturated rings. The van der Waals surface area contributed by atoms with Crippen LogP contribution in [0.5, 0.6) is 0 Å². The monoisotopic (exact) mass is 577 g/mol. The molecule has 0 aliphatic carbocycles. The topological polar surface area (TPSA) is 71.2 Å². The van der Waals surface area contributed by atoms with E-state index in [0.717, 1.165) is 72.6 Å². The van der Waals surface area contributed by atoms with E-state index in [1.54, 1.807) is 0 Å². The van der Waals surface area contributed by atoms with Gasteiger partial charge in [-0.25, -0.2) is 0 Å². The third-order valence-electron chi connectivity index (χ3n) is 9.01. The van der Waals surface area contributed by atoms with Crippen molar-refractivity contribution in [1.29, 1.82) is 0 Å². The molecule has 224 valence electrons. The first-order chi connectivity index (χ1) is 21.1. The van der Waals surface area contributed by atoms with Crippen molar-refractivity contribution in [2.24, 2.45) is 11.7 Å². The van der Waals surface area contributed by atoms with Crippen molar-refractivity contribution in [2.45, 2.75) is 45.1 Å². The summed E-state index contributed by atoms with van der Waals surface area (Å²) in [6, 6.07) is 35.7. The quantitative estimate of drug-likeness (QED) is 0.258. The molecule has 0 aromatic heterocycles. The van der Waals surface area contributed by atoms with E-state index in [1.165, 1.54) is 5.56 Å². The van der Waals surface area contributed by atoms with E-state index in [9.17, 15) is 5.11 Å². The Balaban J connectivity index is 1.18. The molecule has 0 unspecified atom stereocenters. The Labute approximate surface area is 255 Å². The molecule has 3 N–H and O–H groups in total. The van der Waals surface area contributed by atoms with E-state index < -0.39 is 6.29 Å². The highest BCUT2D eigenvalue weighted by Gasteiger charge is 2.39. The van der Waals surface area contributed by atoms with Crippen LogP contribution in [0.3, 0.4) is 0 Å². The Morgan fingerprint density at radius 3 is 2.07 bits per heavy atom. The van der Waals surface area contributed by atoms with E-state index >= 15 is 0 Å². The zero-order chi connectivity index (χ0) is 29.6. The van der Waals surface area contributed by atoms with Crippen LogP contribution in [0.1, 0.15) is 47.1 Å². The number of hydrogen-bond acceptors (Lipinski definition) is 6. The summed E-state index contributed by atoms with van der Waals surface area (Å²) < 4.78 is 13.5. The fourth-order valence-electron chi connectivity index (χ4n) is 6.35. The molecule has 6 rings (SSSR count). The van der Waals surface area contributed by atoms with Gasteiger partial charge in [0.2, 0.25) is 0 Å². The van der Waals surface area contributed by atoms with Crippen molar-refractivity contribution in [2.75, 3.05) is 32.7 Å². The first-order valence-electron chi connectivity index (χ1n) is 15.5. The SMILES string of the molecule is C[C@H]1[C@@H](CN2CCN(Cc3ccccc3)CC2)O[C@@H](c2ccc(-c3ccccc3CN)cc2)O[C@H]1c1ccc(CO)cc1.